The van der Waals surface area contributed by atoms with Crippen LogP contribution >= 0.6 is 11.6 Å². The van der Waals surface area contributed by atoms with Crippen LogP contribution in [0.2, 0.25) is 5.02 Å². The quantitative estimate of drug-likeness (QED) is 0.284. The molecular formula is C31H29ClN2O3. The van der Waals surface area contributed by atoms with Gasteiger partial charge in [-0.3, -0.25) is 9.59 Å². The van der Waals surface area contributed by atoms with E-state index in [4.69, 9.17) is 16.3 Å². The van der Waals surface area contributed by atoms with Crippen molar-refractivity contribution >= 4 is 23.4 Å². The van der Waals surface area contributed by atoms with Gasteiger partial charge in [-0.1, -0.05) is 96.5 Å². The number of ether oxygens (including phenoxy) is 1. The monoisotopic (exact) mass is 512 g/mol. The summed E-state index contributed by atoms with van der Waals surface area (Å²) in [7, 11) is 1.61. The standard InChI is InChI=1S/C31H29ClN2O3/c1-37-28-18-14-24(15-19-28)21-33-31(36)30(26-10-6-3-7-11-26)34(22-25-12-16-27(32)17-13-25)29(35)20-23-8-4-2-5-9-23/h2-19,30H,20-22H2,1H3,(H,33,36). The molecule has 4 rings (SSSR count). The zero-order chi connectivity index (χ0) is 26.0. The van der Waals surface area contributed by atoms with Gasteiger partial charge in [0, 0.05) is 18.1 Å². The molecule has 2 amide bonds. The number of carbonyl (C=O) groups is 2. The van der Waals surface area contributed by atoms with Crippen LogP contribution in [-0.4, -0.2) is 23.8 Å². The summed E-state index contributed by atoms with van der Waals surface area (Å²) in [6.07, 6.45) is 0.184. The van der Waals surface area contributed by atoms with Crippen LogP contribution in [0.3, 0.4) is 0 Å². The van der Waals surface area contributed by atoms with Gasteiger partial charge in [-0.25, -0.2) is 0 Å². The Morgan fingerprint density at radius 1 is 0.784 bits per heavy atom. The van der Waals surface area contributed by atoms with Crippen LogP contribution in [-0.2, 0) is 29.1 Å². The summed E-state index contributed by atoms with van der Waals surface area (Å²) in [5, 5.41) is 3.65. The fourth-order valence-electron chi connectivity index (χ4n) is 4.12. The second-order valence-corrected chi connectivity index (χ2v) is 9.13. The first-order valence-corrected chi connectivity index (χ1v) is 12.4. The first-order chi connectivity index (χ1) is 18.0. The average molecular weight is 513 g/mol. The number of benzene rings is 4. The molecule has 0 radical (unpaired) electrons. The van der Waals surface area contributed by atoms with Gasteiger partial charge in [-0.15, -0.1) is 0 Å². The molecule has 1 unspecified atom stereocenters. The van der Waals surface area contributed by atoms with E-state index in [9.17, 15) is 9.59 Å². The van der Waals surface area contributed by atoms with Gasteiger partial charge in [-0.05, 0) is 46.5 Å². The Hall–Kier alpha value is -4.09. The molecule has 6 heteroatoms. The summed E-state index contributed by atoms with van der Waals surface area (Å²) in [5.41, 5.74) is 3.44. The number of methoxy groups -OCH3 is 1. The molecule has 0 saturated heterocycles. The van der Waals surface area contributed by atoms with Gasteiger partial charge in [-0.2, -0.15) is 0 Å². The van der Waals surface area contributed by atoms with Crippen molar-refractivity contribution in [1.29, 1.82) is 0 Å². The van der Waals surface area contributed by atoms with E-state index < -0.39 is 6.04 Å². The fourth-order valence-corrected chi connectivity index (χ4v) is 4.25. The Morgan fingerprint density at radius 3 is 2.00 bits per heavy atom. The van der Waals surface area contributed by atoms with Crippen molar-refractivity contribution in [1.82, 2.24) is 10.2 Å². The number of rotatable bonds is 10. The molecule has 0 aliphatic heterocycles. The Kier molecular flexibility index (Phi) is 8.95. The Balaban J connectivity index is 1.64. The summed E-state index contributed by atoms with van der Waals surface area (Å²) in [5.74, 6) is 0.352. The molecule has 0 heterocycles. The largest absolute Gasteiger partial charge is 0.497 e. The zero-order valence-corrected chi connectivity index (χ0v) is 21.4. The van der Waals surface area contributed by atoms with Crippen molar-refractivity contribution in [3.63, 3.8) is 0 Å². The van der Waals surface area contributed by atoms with Gasteiger partial charge in [0.1, 0.15) is 11.8 Å². The maximum absolute atomic E-state index is 13.8. The summed E-state index contributed by atoms with van der Waals surface area (Å²) in [6.45, 7) is 0.589. The summed E-state index contributed by atoms with van der Waals surface area (Å²) in [6, 6.07) is 33.0. The molecule has 0 spiro atoms. The minimum absolute atomic E-state index is 0.144. The third-order valence-electron chi connectivity index (χ3n) is 6.09. The van der Waals surface area contributed by atoms with E-state index in [0.717, 1.165) is 28.0 Å². The van der Waals surface area contributed by atoms with Crippen molar-refractivity contribution < 1.29 is 14.3 Å². The Labute approximate surface area is 222 Å². The van der Waals surface area contributed by atoms with Crippen LogP contribution in [0, 0.1) is 0 Å². The van der Waals surface area contributed by atoms with Crippen LogP contribution in [0.1, 0.15) is 28.3 Å². The Morgan fingerprint density at radius 2 is 1.38 bits per heavy atom. The average Bonchev–Trinajstić information content (AvgIpc) is 2.94. The number of amides is 2. The SMILES string of the molecule is COc1ccc(CNC(=O)C(c2ccccc2)N(Cc2ccc(Cl)cc2)C(=O)Cc2ccccc2)cc1. The molecule has 0 aliphatic carbocycles. The van der Waals surface area contributed by atoms with Crippen molar-refractivity contribution in [2.75, 3.05) is 7.11 Å². The lowest BCUT2D eigenvalue weighted by atomic mass is 10.0. The van der Waals surface area contributed by atoms with Crippen molar-refractivity contribution in [2.24, 2.45) is 0 Å². The van der Waals surface area contributed by atoms with Crippen LogP contribution in [0.15, 0.2) is 109 Å². The van der Waals surface area contributed by atoms with Crippen LogP contribution < -0.4 is 10.1 Å². The second-order valence-electron chi connectivity index (χ2n) is 8.69. The minimum atomic E-state index is -0.814. The molecule has 1 N–H and O–H groups in total. The van der Waals surface area contributed by atoms with Gasteiger partial charge in [0.15, 0.2) is 0 Å². The number of hydrogen-bond acceptors (Lipinski definition) is 3. The molecule has 4 aromatic carbocycles. The van der Waals surface area contributed by atoms with Crippen molar-refractivity contribution in [3.05, 3.63) is 136 Å². The lowest BCUT2D eigenvalue weighted by Crippen LogP contribution is -2.43. The zero-order valence-electron chi connectivity index (χ0n) is 20.6. The summed E-state index contributed by atoms with van der Waals surface area (Å²) < 4.78 is 5.22. The van der Waals surface area contributed by atoms with Gasteiger partial charge in [0.25, 0.3) is 0 Å². The lowest BCUT2D eigenvalue weighted by molar-refractivity contribution is -0.141. The third-order valence-corrected chi connectivity index (χ3v) is 6.34. The molecule has 0 aliphatic rings. The van der Waals surface area contributed by atoms with E-state index in [-0.39, 0.29) is 24.8 Å². The van der Waals surface area contributed by atoms with E-state index in [1.165, 1.54) is 0 Å². The Bertz CT molecular complexity index is 1290. The summed E-state index contributed by atoms with van der Waals surface area (Å²) in [4.78, 5) is 29.1. The van der Waals surface area contributed by atoms with E-state index in [0.29, 0.717) is 11.6 Å². The molecule has 1 atom stereocenters. The van der Waals surface area contributed by atoms with Crippen LogP contribution in [0.25, 0.3) is 0 Å². The second kappa shape index (κ2) is 12.7. The van der Waals surface area contributed by atoms with E-state index in [2.05, 4.69) is 5.32 Å². The maximum Gasteiger partial charge on any atom is 0.247 e. The maximum atomic E-state index is 13.8. The fraction of sp³-hybridized carbons (Fsp3) is 0.161. The van der Waals surface area contributed by atoms with E-state index in [1.54, 1.807) is 24.1 Å². The van der Waals surface area contributed by atoms with Crippen LogP contribution in [0.4, 0.5) is 0 Å². The number of hydrogen-bond donors (Lipinski definition) is 1. The highest BCUT2D eigenvalue weighted by atomic mass is 35.5. The van der Waals surface area contributed by atoms with Crippen molar-refractivity contribution in [2.45, 2.75) is 25.6 Å². The first-order valence-electron chi connectivity index (χ1n) is 12.1. The highest BCUT2D eigenvalue weighted by Crippen LogP contribution is 2.26. The number of nitrogens with one attached hydrogen (secondary N) is 1. The molecule has 0 aromatic heterocycles. The first kappa shape index (κ1) is 26.0. The number of halogens is 1. The molecule has 37 heavy (non-hydrogen) atoms. The topological polar surface area (TPSA) is 58.6 Å². The number of carbonyl (C=O) groups excluding carboxylic acids is 2. The van der Waals surface area contributed by atoms with Gasteiger partial charge in [0.05, 0.1) is 13.5 Å². The molecule has 0 bridgehead atoms. The van der Waals surface area contributed by atoms with Gasteiger partial charge < -0.3 is 15.0 Å². The summed E-state index contributed by atoms with van der Waals surface area (Å²) >= 11 is 6.09. The molecule has 4 aromatic rings. The highest BCUT2D eigenvalue weighted by molar-refractivity contribution is 6.30. The smallest absolute Gasteiger partial charge is 0.247 e. The highest BCUT2D eigenvalue weighted by Gasteiger charge is 2.31. The molecular weight excluding hydrogens is 484 g/mol. The van der Waals surface area contributed by atoms with Crippen molar-refractivity contribution in [3.8, 4) is 5.75 Å². The number of nitrogens with zero attached hydrogens (tertiary/aromatic N) is 1. The lowest BCUT2D eigenvalue weighted by Gasteiger charge is -2.32. The van der Waals surface area contributed by atoms with E-state index >= 15 is 0 Å². The molecule has 188 valence electrons. The van der Waals surface area contributed by atoms with Crippen LogP contribution in [0.5, 0.6) is 5.75 Å². The normalized spacial score (nSPS) is 11.4. The van der Waals surface area contributed by atoms with Gasteiger partial charge >= 0.3 is 0 Å². The molecule has 0 fully saturated rings. The third kappa shape index (κ3) is 7.21. The van der Waals surface area contributed by atoms with E-state index in [1.807, 2.05) is 97.1 Å². The minimum Gasteiger partial charge on any atom is -0.497 e. The predicted molar refractivity (Wildman–Crippen MR) is 146 cm³/mol. The molecule has 5 nitrogen and oxygen atoms in total. The van der Waals surface area contributed by atoms with Gasteiger partial charge in [0.2, 0.25) is 11.8 Å². The predicted octanol–water partition coefficient (Wildman–Crippen LogP) is 5.98. The molecule has 0 saturated carbocycles.